The molecule has 0 spiro atoms. The van der Waals surface area contributed by atoms with Gasteiger partial charge in [0.05, 0.1) is 62.2 Å². The summed E-state index contributed by atoms with van der Waals surface area (Å²) in [7, 11) is 6.26. The van der Waals surface area contributed by atoms with Crippen molar-refractivity contribution in [2.45, 2.75) is 69.9 Å². The third kappa shape index (κ3) is 17.5. The van der Waals surface area contributed by atoms with Crippen LogP contribution in [0.1, 0.15) is 56.7 Å². The third-order valence-corrected chi connectivity index (χ3v) is 9.15. The number of hydrogen-bond acceptors (Lipinski definition) is 10. The number of alkyl halides is 6. The van der Waals surface area contributed by atoms with Crippen LogP contribution in [0.25, 0.3) is 44.2 Å². The number of amides is 2. The summed E-state index contributed by atoms with van der Waals surface area (Å²) >= 11 is 0. The molecule has 1 aliphatic heterocycles. The number of ether oxygens (including phenoxy) is 2. The second kappa shape index (κ2) is 24.4. The summed E-state index contributed by atoms with van der Waals surface area (Å²) in [5.74, 6) is 2.09. The van der Waals surface area contributed by atoms with Gasteiger partial charge in [-0.2, -0.15) is 26.3 Å². The van der Waals surface area contributed by atoms with Gasteiger partial charge >= 0.3 is 18.4 Å². The van der Waals surface area contributed by atoms with E-state index < -0.39 is 30.9 Å². The first-order valence-corrected chi connectivity index (χ1v) is 19.5. The predicted molar refractivity (Wildman–Crippen MR) is 222 cm³/mol. The number of H-pyrrole nitrogens is 2. The maximum atomic E-state index is 11.7. The molecule has 14 nitrogen and oxygen atoms in total. The van der Waals surface area contributed by atoms with Crippen LogP contribution < -0.4 is 16.0 Å². The molecular formula is C42H52F6N8O6. The van der Waals surface area contributed by atoms with E-state index in [2.05, 4.69) is 102 Å². The molecule has 0 saturated carbocycles. The standard InChI is InChI=1S/C32H37N7O.C6H8F3NO3.C2H3F3.C2H4O2/c1-33-20-31(40)34-14-4-3-7-30-35-19-28(36-30)25-11-10-21-16-22(8-9-23(21)17-25)24-12-13-26-27(18-24)38-32(37-26)29-6-5-15-39(29)2;1-13-5(12)10-4(3-11)2-6(7,8)9;1-2(3,4)5;1-4-2-3/h8-13,16-19,29,33H,3-7,14-15,20H2,1-2H3,(H,34,40)(H,35,36)(H,37,38);3-4H,2H2,1H3,(H,10,12);1H3;2H,1H3. The lowest BCUT2D eigenvalue weighted by atomic mass is 9.99. The average molecular weight is 879 g/mol. The Balaban J connectivity index is 0.000000386. The summed E-state index contributed by atoms with van der Waals surface area (Å²) in [6.45, 7) is 2.74. The molecule has 62 heavy (non-hydrogen) atoms. The van der Waals surface area contributed by atoms with Gasteiger partial charge in [0, 0.05) is 25.5 Å². The molecule has 338 valence electrons. The van der Waals surface area contributed by atoms with Gasteiger partial charge in [0.2, 0.25) is 5.91 Å². The molecule has 2 atom stereocenters. The Labute approximate surface area is 354 Å². The van der Waals surface area contributed by atoms with E-state index in [4.69, 9.17) is 9.78 Å². The van der Waals surface area contributed by atoms with Crippen molar-refractivity contribution in [2.75, 3.05) is 47.9 Å². The SMILES string of the molecule is CC(F)(F)F.CNCC(=O)NCCCCc1ncc(-c2ccc3cc(-c4ccc5nc(C6CCCN6C)[nH]c5c4)ccc3c2)[nH]1.COC(=O)NC(C=O)CC(F)(F)F.COC=O. The summed E-state index contributed by atoms with van der Waals surface area (Å²) in [5.41, 5.74) is 6.66. The highest BCUT2D eigenvalue weighted by Gasteiger charge is 2.32. The van der Waals surface area contributed by atoms with Crippen LogP contribution in [0.15, 0.2) is 60.8 Å². The summed E-state index contributed by atoms with van der Waals surface area (Å²) in [6.07, 6.45) is -3.90. The molecule has 5 aromatic rings. The topological polar surface area (TPSA) is 183 Å². The number of carbonyl (C=O) groups excluding carboxylic acids is 4. The normalized spacial score (nSPS) is 14.3. The van der Waals surface area contributed by atoms with Gasteiger partial charge in [-0.3, -0.25) is 14.5 Å². The highest BCUT2D eigenvalue weighted by atomic mass is 19.4. The van der Waals surface area contributed by atoms with E-state index in [1.54, 1.807) is 12.4 Å². The summed E-state index contributed by atoms with van der Waals surface area (Å²) < 4.78 is 74.0. The molecule has 3 heterocycles. The number of carbonyl (C=O) groups is 4. The maximum absolute atomic E-state index is 11.7. The lowest BCUT2D eigenvalue weighted by molar-refractivity contribution is -0.143. The van der Waals surface area contributed by atoms with Crippen LogP contribution in [-0.2, 0) is 30.3 Å². The molecular weight excluding hydrogens is 827 g/mol. The van der Waals surface area contributed by atoms with E-state index in [1.807, 2.05) is 6.20 Å². The number of fused-ring (bicyclic) bond motifs is 2. The van der Waals surface area contributed by atoms with E-state index in [9.17, 15) is 40.7 Å². The number of likely N-dealkylation sites (tertiary alicyclic amines) is 1. The van der Waals surface area contributed by atoms with Crippen LogP contribution in [0.4, 0.5) is 31.1 Å². The fraction of sp³-hybridized carbons (Fsp3) is 0.429. The number of nitrogens with zero attached hydrogens (tertiary/aromatic N) is 3. The van der Waals surface area contributed by atoms with Crippen LogP contribution >= 0.6 is 0 Å². The molecule has 2 amide bonds. The number of unbranched alkanes of at least 4 members (excludes halogenated alkanes) is 1. The number of benzene rings is 3. The lowest BCUT2D eigenvalue weighted by Crippen LogP contribution is -2.39. The quantitative estimate of drug-likeness (QED) is 0.0428. The molecule has 0 bridgehead atoms. The summed E-state index contributed by atoms with van der Waals surface area (Å²) in [5, 5.41) is 9.90. The molecule has 5 N–H and O–H groups in total. The van der Waals surface area contributed by atoms with E-state index in [-0.39, 0.29) is 19.1 Å². The Bertz CT molecular complexity index is 2190. The molecule has 1 fully saturated rings. The Morgan fingerprint density at radius 2 is 1.58 bits per heavy atom. The van der Waals surface area contributed by atoms with E-state index >= 15 is 0 Å². The van der Waals surface area contributed by atoms with Crippen molar-refractivity contribution in [3.63, 3.8) is 0 Å². The van der Waals surface area contributed by atoms with Gasteiger partial charge in [-0.15, -0.1) is 0 Å². The summed E-state index contributed by atoms with van der Waals surface area (Å²) in [4.78, 5) is 59.9. The zero-order valence-electron chi connectivity index (χ0n) is 35.0. The number of alkyl carbamates (subject to hydrolysis) is 1. The van der Waals surface area contributed by atoms with Crippen molar-refractivity contribution in [1.82, 2.24) is 40.8 Å². The highest BCUT2D eigenvalue weighted by molar-refractivity contribution is 5.91. The number of hydrogen-bond donors (Lipinski definition) is 5. The number of rotatable bonds is 14. The number of imidazole rings is 2. The molecule has 6 rings (SSSR count). The Morgan fingerprint density at radius 3 is 2.16 bits per heavy atom. The first-order chi connectivity index (χ1) is 29.4. The predicted octanol–water partition coefficient (Wildman–Crippen LogP) is 7.42. The lowest BCUT2D eigenvalue weighted by Gasteiger charge is -2.16. The smallest absolute Gasteiger partial charge is 0.407 e. The van der Waals surface area contributed by atoms with Crippen LogP contribution in [0.5, 0.6) is 0 Å². The van der Waals surface area contributed by atoms with Gasteiger partial charge in [-0.25, -0.2) is 14.8 Å². The van der Waals surface area contributed by atoms with Crippen molar-refractivity contribution < 1.29 is 55.0 Å². The van der Waals surface area contributed by atoms with Gasteiger partial charge in [0.1, 0.15) is 17.9 Å². The Kier molecular flexibility index (Phi) is 19.8. The van der Waals surface area contributed by atoms with Crippen LogP contribution in [0, 0.1) is 0 Å². The molecule has 1 saturated heterocycles. The fourth-order valence-corrected chi connectivity index (χ4v) is 6.31. The van der Waals surface area contributed by atoms with Gasteiger partial charge in [0.15, 0.2) is 0 Å². The van der Waals surface area contributed by atoms with Gasteiger partial charge < -0.3 is 40.2 Å². The molecule has 1 aliphatic rings. The van der Waals surface area contributed by atoms with Crippen molar-refractivity contribution in [2.24, 2.45) is 0 Å². The van der Waals surface area contributed by atoms with Crippen LogP contribution in [-0.4, -0.2) is 116 Å². The summed E-state index contributed by atoms with van der Waals surface area (Å²) in [6, 6.07) is 18.5. The molecule has 2 unspecified atom stereocenters. The minimum atomic E-state index is -4.49. The monoisotopic (exact) mass is 878 g/mol. The zero-order chi connectivity index (χ0) is 45.9. The van der Waals surface area contributed by atoms with E-state index in [1.165, 1.54) is 35.4 Å². The van der Waals surface area contributed by atoms with Crippen molar-refractivity contribution >= 4 is 46.6 Å². The maximum Gasteiger partial charge on any atom is 0.407 e. The highest BCUT2D eigenvalue weighted by Crippen LogP contribution is 2.33. The number of aryl methyl sites for hydroxylation is 1. The number of likely N-dealkylation sites (N-methyl/N-ethyl adjacent to an activating group) is 1. The number of aldehydes is 1. The van der Waals surface area contributed by atoms with Gasteiger partial charge in [-0.05, 0) is 92.5 Å². The van der Waals surface area contributed by atoms with Crippen molar-refractivity contribution in [3.05, 3.63) is 72.4 Å². The number of aromatic nitrogens is 4. The van der Waals surface area contributed by atoms with Crippen molar-refractivity contribution in [3.8, 4) is 22.4 Å². The molecule has 20 heteroatoms. The van der Waals surface area contributed by atoms with Crippen LogP contribution in [0.2, 0.25) is 0 Å². The average Bonchev–Trinajstić information content (AvgIpc) is 3.99. The fourth-order valence-electron chi connectivity index (χ4n) is 6.31. The molecule has 3 aromatic carbocycles. The van der Waals surface area contributed by atoms with E-state index in [0.717, 1.165) is 73.3 Å². The Morgan fingerprint density at radius 1 is 0.952 bits per heavy atom. The first kappa shape index (κ1) is 50.3. The molecule has 0 radical (unpaired) electrons. The zero-order valence-corrected chi connectivity index (χ0v) is 35.0. The third-order valence-electron chi connectivity index (χ3n) is 9.15. The number of halogens is 6. The second-order valence-electron chi connectivity index (χ2n) is 14.2. The van der Waals surface area contributed by atoms with Crippen LogP contribution in [0.3, 0.4) is 0 Å². The minimum Gasteiger partial charge on any atom is -0.471 e. The number of aromatic amines is 2. The van der Waals surface area contributed by atoms with Crippen molar-refractivity contribution in [1.29, 1.82) is 0 Å². The number of nitrogens with one attached hydrogen (secondary N) is 5. The van der Waals surface area contributed by atoms with Gasteiger partial charge in [0.25, 0.3) is 6.47 Å². The van der Waals surface area contributed by atoms with Gasteiger partial charge in [-0.1, -0.05) is 30.3 Å². The molecule has 2 aromatic heterocycles. The largest absolute Gasteiger partial charge is 0.471 e. The number of methoxy groups -OCH3 is 2. The second-order valence-corrected chi connectivity index (χ2v) is 14.2. The first-order valence-electron chi connectivity index (χ1n) is 19.5. The minimum absolute atomic E-state index is 0.00438. The van der Waals surface area contributed by atoms with E-state index in [0.29, 0.717) is 25.6 Å². The Hall–Kier alpha value is -6.02. The molecule has 0 aliphatic carbocycles.